The highest BCUT2D eigenvalue weighted by Crippen LogP contribution is 2.50. The van der Waals surface area contributed by atoms with Crippen molar-refractivity contribution in [3.05, 3.63) is 200 Å². The summed E-state index contributed by atoms with van der Waals surface area (Å²) in [6, 6.07) is 71.4. The van der Waals surface area contributed by atoms with E-state index >= 15 is 0 Å². The monoisotopic (exact) mass is 663 g/mol. The van der Waals surface area contributed by atoms with E-state index in [1.54, 1.807) is 0 Å². The molecule has 1 aromatic heterocycles. The number of benzene rings is 9. The number of rotatable bonds is 6. The Balaban J connectivity index is 1.29. The van der Waals surface area contributed by atoms with Crippen LogP contribution >= 0.6 is 0 Å². The van der Waals surface area contributed by atoms with Crippen LogP contribution in [0.3, 0.4) is 0 Å². The van der Waals surface area contributed by atoms with Gasteiger partial charge >= 0.3 is 0 Å². The zero-order chi connectivity index (χ0) is 34.4. The molecule has 0 N–H and O–H groups in total. The molecule has 0 unspecified atom stereocenters. The first-order valence-electron chi connectivity index (χ1n) is 17.8. The van der Waals surface area contributed by atoms with Gasteiger partial charge in [0, 0.05) is 27.7 Å². The molecule has 0 saturated carbocycles. The van der Waals surface area contributed by atoms with Gasteiger partial charge in [-0.15, -0.1) is 0 Å². The van der Waals surface area contributed by atoms with Gasteiger partial charge in [0.1, 0.15) is 11.2 Å². The molecule has 244 valence electrons. The number of anilines is 3. The highest BCUT2D eigenvalue weighted by atomic mass is 16.3. The zero-order valence-corrected chi connectivity index (χ0v) is 28.4. The summed E-state index contributed by atoms with van der Waals surface area (Å²) in [7, 11) is 0. The smallest absolute Gasteiger partial charge is 0.145 e. The molecule has 52 heavy (non-hydrogen) atoms. The summed E-state index contributed by atoms with van der Waals surface area (Å²) in [5.41, 5.74) is 11.9. The summed E-state index contributed by atoms with van der Waals surface area (Å²) in [6.45, 7) is 0. The first-order chi connectivity index (χ1) is 25.8. The van der Waals surface area contributed by atoms with Gasteiger partial charge in [-0.1, -0.05) is 164 Å². The topological polar surface area (TPSA) is 16.4 Å². The van der Waals surface area contributed by atoms with Crippen LogP contribution in [0.4, 0.5) is 17.1 Å². The first-order valence-corrected chi connectivity index (χ1v) is 17.8. The molecule has 0 amide bonds. The molecule has 0 aliphatic rings. The van der Waals surface area contributed by atoms with E-state index in [4.69, 9.17) is 4.42 Å². The third-order valence-electron chi connectivity index (χ3n) is 10.3. The maximum atomic E-state index is 7.15. The van der Waals surface area contributed by atoms with E-state index in [-0.39, 0.29) is 0 Å². The van der Waals surface area contributed by atoms with Gasteiger partial charge in [0.15, 0.2) is 0 Å². The molecule has 1 heterocycles. The van der Waals surface area contributed by atoms with Gasteiger partial charge in [0.25, 0.3) is 0 Å². The Labute approximate surface area is 302 Å². The molecular weight excluding hydrogens is 631 g/mol. The molecule has 2 heteroatoms. The Morgan fingerprint density at radius 2 is 0.712 bits per heavy atom. The van der Waals surface area contributed by atoms with E-state index in [0.717, 1.165) is 55.5 Å². The standard InChI is InChI=1S/C50H33NO/c1-4-14-34(15-5-1)36-24-28-39(29-25-36)51(40-30-26-37(27-31-40)35-16-6-2-7-17-35)46-33-32-41(38-18-8-3-9-19-38)49-48(46)47-44-22-12-10-20-42(44)43-21-11-13-23-45(43)50(47)52-49/h1-33H. The highest BCUT2D eigenvalue weighted by Gasteiger charge is 2.25. The maximum absolute atomic E-state index is 7.15. The van der Waals surface area contributed by atoms with E-state index in [1.807, 2.05) is 0 Å². The third kappa shape index (κ3) is 4.96. The Hall–Kier alpha value is -6.90. The summed E-state index contributed by atoms with van der Waals surface area (Å²) in [4.78, 5) is 2.39. The number of hydrogen-bond donors (Lipinski definition) is 0. The lowest BCUT2D eigenvalue weighted by atomic mass is 9.94. The van der Waals surface area contributed by atoms with Gasteiger partial charge in [-0.25, -0.2) is 0 Å². The number of nitrogens with zero attached hydrogens (tertiary/aromatic N) is 1. The lowest BCUT2D eigenvalue weighted by Gasteiger charge is -2.27. The lowest BCUT2D eigenvalue weighted by molar-refractivity contribution is 0.674. The summed E-state index contributed by atoms with van der Waals surface area (Å²) < 4.78 is 7.15. The van der Waals surface area contributed by atoms with Crippen LogP contribution in [0.1, 0.15) is 0 Å². The van der Waals surface area contributed by atoms with Crippen molar-refractivity contribution in [2.75, 3.05) is 4.90 Å². The highest BCUT2D eigenvalue weighted by molar-refractivity contribution is 6.33. The molecule has 0 radical (unpaired) electrons. The predicted molar refractivity (Wildman–Crippen MR) is 220 cm³/mol. The van der Waals surface area contributed by atoms with Gasteiger partial charge in [0.05, 0.1) is 11.1 Å². The normalized spacial score (nSPS) is 11.5. The number of furan rings is 1. The maximum Gasteiger partial charge on any atom is 0.145 e. The molecule has 9 aromatic carbocycles. The van der Waals surface area contributed by atoms with Crippen LogP contribution < -0.4 is 4.90 Å². The molecular formula is C50H33NO. The van der Waals surface area contributed by atoms with Crippen LogP contribution in [0.5, 0.6) is 0 Å². The molecule has 10 rings (SSSR count). The van der Waals surface area contributed by atoms with Crippen molar-refractivity contribution < 1.29 is 4.42 Å². The Kier molecular flexibility index (Phi) is 7.18. The Morgan fingerprint density at radius 1 is 0.288 bits per heavy atom. The molecule has 0 bridgehead atoms. The van der Waals surface area contributed by atoms with Crippen LogP contribution in [0.25, 0.3) is 76.9 Å². The molecule has 0 aliphatic heterocycles. The molecule has 10 aromatic rings. The van der Waals surface area contributed by atoms with Crippen molar-refractivity contribution in [2.24, 2.45) is 0 Å². The van der Waals surface area contributed by atoms with Gasteiger partial charge in [-0.3, -0.25) is 0 Å². The summed E-state index contributed by atoms with van der Waals surface area (Å²) in [5.74, 6) is 0. The summed E-state index contributed by atoms with van der Waals surface area (Å²) >= 11 is 0. The minimum atomic E-state index is 0.881. The van der Waals surface area contributed by atoms with Gasteiger partial charge < -0.3 is 9.32 Å². The lowest BCUT2D eigenvalue weighted by Crippen LogP contribution is -2.10. The second kappa shape index (κ2) is 12.5. The molecule has 2 nitrogen and oxygen atoms in total. The van der Waals surface area contributed by atoms with E-state index < -0.39 is 0 Å². The third-order valence-corrected chi connectivity index (χ3v) is 10.3. The van der Waals surface area contributed by atoms with E-state index in [2.05, 4.69) is 205 Å². The van der Waals surface area contributed by atoms with Crippen molar-refractivity contribution in [1.29, 1.82) is 0 Å². The largest absolute Gasteiger partial charge is 0.455 e. The Bertz CT molecular complexity index is 2770. The summed E-state index contributed by atoms with van der Waals surface area (Å²) in [6.07, 6.45) is 0. The van der Waals surface area contributed by atoms with Crippen LogP contribution in [0.15, 0.2) is 205 Å². The fraction of sp³-hybridized carbons (Fsp3) is 0. The predicted octanol–water partition coefficient (Wildman–Crippen LogP) is 14.4. The quantitative estimate of drug-likeness (QED) is 0.165. The second-order valence-corrected chi connectivity index (χ2v) is 13.3. The van der Waals surface area contributed by atoms with Crippen LogP contribution in [0, 0.1) is 0 Å². The van der Waals surface area contributed by atoms with Crippen molar-refractivity contribution in [1.82, 2.24) is 0 Å². The van der Waals surface area contributed by atoms with Crippen molar-refractivity contribution in [3.63, 3.8) is 0 Å². The minimum Gasteiger partial charge on any atom is -0.455 e. The average Bonchev–Trinajstić information content (AvgIpc) is 3.64. The molecule has 0 fully saturated rings. The zero-order valence-electron chi connectivity index (χ0n) is 28.4. The van der Waals surface area contributed by atoms with Crippen molar-refractivity contribution in [3.8, 4) is 33.4 Å². The van der Waals surface area contributed by atoms with Crippen molar-refractivity contribution >= 4 is 60.5 Å². The summed E-state index contributed by atoms with van der Waals surface area (Å²) in [5, 5.41) is 6.93. The van der Waals surface area contributed by atoms with Crippen LogP contribution in [0.2, 0.25) is 0 Å². The fourth-order valence-corrected chi connectivity index (χ4v) is 7.81. The molecule has 0 aliphatic carbocycles. The van der Waals surface area contributed by atoms with Crippen LogP contribution in [-0.4, -0.2) is 0 Å². The van der Waals surface area contributed by atoms with E-state index in [9.17, 15) is 0 Å². The van der Waals surface area contributed by atoms with Gasteiger partial charge in [-0.2, -0.15) is 0 Å². The number of hydrogen-bond acceptors (Lipinski definition) is 2. The van der Waals surface area contributed by atoms with Crippen molar-refractivity contribution in [2.45, 2.75) is 0 Å². The number of fused-ring (bicyclic) bond motifs is 8. The Morgan fingerprint density at radius 3 is 1.25 bits per heavy atom. The van der Waals surface area contributed by atoms with Gasteiger partial charge in [-0.05, 0) is 80.4 Å². The molecule has 0 saturated heterocycles. The minimum absolute atomic E-state index is 0.881. The second-order valence-electron chi connectivity index (χ2n) is 13.3. The first kappa shape index (κ1) is 30.0. The molecule has 0 atom stereocenters. The van der Waals surface area contributed by atoms with E-state index in [1.165, 1.54) is 38.4 Å². The average molecular weight is 664 g/mol. The van der Waals surface area contributed by atoms with Gasteiger partial charge in [0.2, 0.25) is 0 Å². The molecule has 0 spiro atoms. The SMILES string of the molecule is c1ccc(-c2ccc(N(c3ccc(-c4ccccc4)cc3)c3ccc(-c4ccccc4)c4oc5c6ccccc6c6ccccc6c5c34)cc2)cc1. The fourth-order valence-electron chi connectivity index (χ4n) is 7.81. The van der Waals surface area contributed by atoms with E-state index in [0.29, 0.717) is 0 Å². The van der Waals surface area contributed by atoms with Crippen LogP contribution in [-0.2, 0) is 0 Å².